The van der Waals surface area contributed by atoms with Crippen molar-refractivity contribution >= 4 is 24.0 Å². The van der Waals surface area contributed by atoms with Gasteiger partial charge in [0, 0.05) is 18.3 Å². The first-order valence-electron chi connectivity index (χ1n) is 9.96. The van der Waals surface area contributed by atoms with Crippen LogP contribution in [0.4, 0.5) is 0 Å². The molecule has 0 radical (unpaired) electrons. The predicted octanol–water partition coefficient (Wildman–Crippen LogP) is 3.79. The standard InChI is InChI=1S/C20H33NO3SSi/c1-19(2)16-11-12-20(19)15-25(23,24)21(17(20)14-16)18(22)10-8-6-7-9-13-26(3,4)5/h16-17H,6-8,10-12,14-15H2,1-5H3/t16-,17-,20-/m1/s1. The van der Waals surface area contributed by atoms with Crippen LogP contribution >= 0.6 is 0 Å². The smallest absolute Gasteiger partial charge is 0.238 e. The van der Waals surface area contributed by atoms with E-state index in [4.69, 9.17) is 0 Å². The van der Waals surface area contributed by atoms with Crippen LogP contribution in [0.25, 0.3) is 0 Å². The first kappa shape index (κ1) is 19.9. The highest BCUT2D eigenvalue weighted by Gasteiger charge is 2.72. The van der Waals surface area contributed by atoms with E-state index in [1.165, 1.54) is 4.31 Å². The first-order chi connectivity index (χ1) is 11.9. The topological polar surface area (TPSA) is 54.5 Å². The molecule has 0 N–H and O–H groups in total. The molecule has 0 aromatic rings. The molecule has 1 heterocycles. The SMILES string of the molecule is CC1(C)[C@@H]2CC[C@]13CS(=O)(=O)N(C(=O)CCCCC#C[Si](C)(C)C)[C@@H]3C2. The van der Waals surface area contributed by atoms with E-state index in [-0.39, 0.29) is 28.5 Å². The lowest BCUT2D eigenvalue weighted by Crippen LogP contribution is -2.44. The van der Waals surface area contributed by atoms with Crippen LogP contribution in [0, 0.1) is 28.2 Å². The lowest BCUT2D eigenvalue weighted by molar-refractivity contribution is -0.129. The Morgan fingerprint density at radius 1 is 1.23 bits per heavy atom. The summed E-state index contributed by atoms with van der Waals surface area (Å²) in [7, 11) is -4.80. The van der Waals surface area contributed by atoms with Crippen LogP contribution in [-0.2, 0) is 14.8 Å². The van der Waals surface area contributed by atoms with E-state index in [2.05, 4.69) is 45.0 Å². The molecular weight excluding hydrogens is 362 g/mol. The van der Waals surface area contributed by atoms with Crippen molar-refractivity contribution in [2.45, 2.75) is 84.5 Å². The van der Waals surface area contributed by atoms with Crippen LogP contribution in [0.5, 0.6) is 0 Å². The molecule has 1 amide bonds. The van der Waals surface area contributed by atoms with Gasteiger partial charge in [-0.2, -0.15) is 0 Å². The zero-order chi connectivity index (χ0) is 19.4. The van der Waals surface area contributed by atoms with Gasteiger partial charge in [0.2, 0.25) is 15.9 Å². The number of fused-ring (bicyclic) bond motifs is 1. The van der Waals surface area contributed by atoms with Crippen LogP contribution in [0.1, 0.15) is 58.8 Å². The maximum absolute atomic E-state index is 12.8. The third kappa shape index (κ3) is 3.15. The largest absolute Gasteiger partial charge is 0.274 e. The van der Waals surface area contributed by atoms with Crippen molar-refractivity contribution in [1.82, 2.24) is 4.31 Å². The quantitative estimate of drug-likeness (QED) is 0.413. The second-order valence-electron chi connectivity index (χ2n) is 10.1. The Hall–Kier alpha value is -0.803. The lowest BCUT2D eigenvalue weighted by Gasteiger charge is -2.37. The van der Waals surface area contributed by atoms with Gasteiger partial charge < -0.3 is 0 Å². The maximum Gasteiger partial charge on any atom is 0.238 e. The van der Waals surface area contributed by atoms with Crippen molar-refractivity contribution in [3.8, 4) is 11.5 Å². The number of unbranched alkanes of at least 4 members (excludes halogenated alkanes) is 2. The molecule has 2 saturated carbocycles. The Morgan fingerprint density at radius 2 is 1.92 bits per heavy atom. The van der Waals surface area contributed by atoms with Crippen molar-refractivity contribution in [2.24, 2.45) is 16.7 Å². The van der Waals surface area contributed by atoms with Crippen molar-refractivity contribution in [1.29, 1.82) is 0 Å². The number of rotatable bonds is 4. The highest BCUT2D eigenvalue weighted by molar-refractivity contribution is 7.90. The molecule has 2 aliphatic carbocycles. The number of sulfonamides is 1. The van der Waals surface area contributed by atoms with Crippen molar-refractivity contribution in [3.05, 3.63) is 0 Å². The summed E-state index contributed by atoms with van der Waals surface area (Å²) in [6, 6.07) is -0.0968. The molecule has 146 valence electrons. The van der Waals surface area contributed by atoms with Gasteiger partial charge in [-0.3, -0.25) is 4.79 Å². The molecule has 0 unspecified atom stereocenters. The van der Waals surface area contributed by atoms with E-state index in [9.17, 15) is 13.2 Å². The fourth-order valence-electron chi connectivity index (χ4n) is 5.54. The average Bonchev–Trinajstić information content (AvgIpc) is 2.96. The van der Waals surface area contributed by atoms with E-state index in [1.807, 2.05) is 0 Å². The summed E-state index contributed by atoms with van der Waals surface area (Å²) < 4.78 is 26.9. The number of carbonyl (C=O) groups excluding carboxylic acids is 1. The van der Waals surface area contributed by atoms with Crippen molar-refractivity contribution < 1.29 is 13.2 Å². The molecule has 1 saturated heterocycles. The molecule has 3 atom stereocenters. The molecule has 4 nitrogen and oxygen atoms in total. The van der Waals surface area contributed by atoms with Crippen LogP contribution in [0.2, 0.25) is 19.6 Å². The number of nitrogens with zero attached hydrogens (tertiary/aromatic N) is 1. The van der Waals surface area contributed by atoms with Gasteiger partial charge >= 0.3 is 0 Å². The highest BCUT2D eigenvalue weighted by Crippen LogP contribution is 2.70. The van der Waals surface area contributed by atoms with Gasteiger partial charge in [0.25, 0.3) is 0 Å². The summed E-state index contributed by atoms with van der Waals surface area (Å²) in [5.74, 6) is 3.75. The molecule has 3 aliphatic rings. The minimum Gasteiger partial charge on any atom is -0.274 e. The minimum atomic E-state index is -3.47. The number of amides is 1. The molecule has 1 spiro atoms. The normalized spacial score (nSPS) is 33.7. The first-order valence-corrected chi connectivity index (χ1v) is 15.1. The minimum absolute atomic E-state index is 0.0200. The van der Waals surface area contributed by atoms with Gasteiger partial charge in [0.05, 0.1) is 11.8 Å². The lowest BCUT2D eigenvalue weighted by atomic mass is 9.69. The fourth-order valence-corrected chi connectivity index (χ4v) is 8.78. The van der Waals surface area contributed by atoms with Gasteiger partial charge in [-0.05, 0) is 43.4 Å². The Kier molecular flexibility index (Phi) is 4.89. The fraction of sp³-hybridized carbons (Fsp3) is 0.850. The second-order valence-corrected chi connectivity index (χ2v) is 16.7. The molecule has 1 aliphatic heterocycles. The Balaban J connectivity index is 1.62. The maximum atomic E-state index is 12.8. The summed E-state index contributed by atoms with van der Waals surface area (Å²) in [6.07, 6.45) is 5.62. The predicted molar refractivity (Wildman–Crippen MR) is 108 cm³/mol. The molecule has 0 aromatic carbocycles. The molecule has 3 rings (SSSR count). The molecule has 3 fully saturated rings. The van der Waals surface area contributed by atoms with E-state index < -0.39 is 18.1 Å². The van der Waals surface area contributed by atoms with Crippen LogP contribution < -0.4 is 0 Å². The van der Waals surface area contributed by atoms with Gasteiger partial charge in [-0.1, -0.05) is 33.5 Å². The second kappa shape index (κ2) is 6.37. The number of hydrogen-bond donors (Lipinski definition) is 0. The summed E-state index contributed by atoms with van der Waals surface area (Å²) in [5, 5.41) is 0. The Labute approximate surface area is 160 Å². The highest BCUT2D eigenvalue weighted by atomic mass is 32.2. The van der Waals surface area contributed by atoms with Crippen molar-refractivity contribution in [3.63, 3.8) is 0 Å². The Bertz CT molecular complexity index is 756. The molecule has 0 aromatic heterocycles. The summed E-state index contributed by atoms with van der Waals surface area (Å²) in [4.78, 5) is 12.8. The van der Waals surface area contributed by atoms with Gasteiger partial charge in [-0.15, -0.1) is 11.5 Å². The molecule has 2 bridgehead atoms. The summed E-state index contributed by atoms with van der Waals surface area (Å²) in [5.41, 5.74) is 3.14. The number of carbonyl (C=O) groups is 1. The number of hydrogen-bond acceptors (Lipinski definition) is 3. The van der Waals surface area contributed by atoms with Crippen LogP contribution in [0.3, 0.4) is 0 Å². The van der Waals surface area contributed by atoms with E-state index >= 15 is 0 Å². The van der Waals surface area contributed by atoms with Gasteiger partial charge in [0.1, 0.15) is 8.07 Å². The zero-order valence-electron chi connectivity index (χ0n) is 16.9. The monoisotopic (exact) mass is 395 g/mol. The summed E-state index contributed by atoms with van der Waals surface area (Å²) >= 11 is 0. The summed E-state index contributed by atoms with van der Waals surface area (Å²) in [6.45, 7) is 11.1. The van der Waals surface area contributed by atoms with Crippen LogP contribution in [0.15, 0.2) is 0 Å². The van der Waals surface area contributed by atoms with Gasteiger partial charge in [-0.25, -0.2) is 12.7 Å². The molecule has 26 heavy (non-hydrogen) atoms. The van der Waals surface area contributed by atoms with E-state index in [0.717, 1.165) is 38.5 Å². The van der Waals surface area contributed by atoms with Crippen LogP contribution in [-0.4, -0.2) is 38.5 Å². The van der Waals surface area contributed by atoms with E-state index in [0.29, 0.717) is 12.3 Å². The van der Waals surface area contributed by atoms with Gasteiger partial charge in [0.15, 0.2) is 0 Å². The zero-order valence-corrected chi connectivity index (χ0v) is 18.7. The molecular formula is C20H33NO3SSi. The third-order valence-electron chi connectivity index (χ3n) is 7.06. The molecule has 6 heteroatoms. The Morgan fingerprint density at radius 3 is 2.54 bits per heavy atom. The third-order valence-corrected chi connectivity index (χ3v) is 9.93. The van der Waals surface area contributed by atoms with Crippen molar-refractivity contribution in [2.75, 3.05) is 5.75 Å². The van der Waals surface area contributed by atoms with E-state index in [1.54, 1.807) is 0 Å². The average molecular weight is 396 g/mol.